The van der Waals surface area contributed by atoms with Crippen molar-refractivity contribution in [1.82, 2.24) is 20.1 Å². The Kier molecular flexibility index (Phi) is 9.30. The summed E-state index contributed by atoms with van der Waals surface area (Å²) in [6, 6.07) is 1.77. The number of aromatic nitrogens is 1. The van der Waals surface area contributed by atoms with Gasteiger partial charge in [0.2, 0.25) is 18.0 Å². The first kappa shape index (κ1) is 31.1. The van der Waals surface area contributed by atoms with Crippen LogP contribution in [0.3, 0.4) is 0 Å². The Hall–Kier alpha value is -3.85. The maximum atomic E-state index is 14.0. The number of alkyl carbamates (subject to hydrolysis) is 1. The predicted octanol–water partition coefficient (Wildman–Crippen LogP) is 1.54. The highest BCUT2D eigenvalue weighted by Gasteiger charge is 2.43. The quantitative estimate of drug-likeness (QED) is 0.263. The van der Waals surface area contributed by atoms with Crippen molar-refractivity contribution in [3.8, 4) is 5.75 Å². The van der Waals surface area contributed by atoms with Crippen molar-refractivity contribution in [2.75, 3.05) is 26.7 Å². The van der Waals surface area contributed by atoms with Gasteiger partial charge in [-0.25, -0.2) is 13.6 Å². The van der Waals surface area contributed by atoms with Crippen LogP contribution < -0.4 is 20.8 Å². The highest BCUT2D eigenvalue weighted by atomic mass is 31.2. The van der Waals surface area contributed by atoms with E-state index in [2.05, 4.69) is 10.6 Å². The smallest absolute Gasteiger partial charge is 0.410 e. The van der Waals surface area contributed by atoms with E-state index in [1.165, 1.54) is 16.4 Å². The number of fused-ring (bicyclic) bond motifs is 2. The minimum absolute atomic E-state index is 0.0294. The summed E-state index contributed by atoms with van der Waals surface area (Å²) in [6.07, 6.45) is -0.527. The summed E-state index contributed by atoms with van der Waals surface area (Å²) in [5.74, 6) is -3.78. The minimum Gasteiger partial charge on any atom is -0.451 e. The summed E-state index contributed by atoms with van der Waals surface area (Å²) in [4.78, 5) is 62.6. The number of pyridine rings is 1. The van der Waals surface area contributed by atoms with Crippen LogP contribution in [-0.4, -0.2) is 77.3 Å². The molecule has 1 saturated heterocycles. The molecule has 0 saturated carbocycles. The highest BCUT2D eigenvalue weighted by molar-refractivity contribution is 7.51. The summed E-state index contributed by atoms with van der Waals surface area (Å²) in [5.41, 5.74) is -1.67. The largest absolute Gasteiger partial charge is 0.451 e. The monoisotopic (exact) mass is 614 g/mol. The molecule has 1 fully saturated rings. The van der Waals surface area contributed by atoms with Crippen molar-refractivity contribution < 1.29 is 51.4 Å². The van der Waals surface area contributed by atoms with E-state index in [0.717, 1.165) is 25.0 Å². The minimum atomic E-state index is -3.76. The van der Waals surface area contributed by atoms with Crippen LogP contribution in [0.15, 0.2) is 29.2 Å². The molecule has 2 aliphatic rings. The van der Waals surface area contributed by atoms with Gasteiger partial charge in [0.15, 0.2) is 11.9 Å². The number of halogens is 2. The third kappa shape index (κ3) is 7.13. The summed E-state index contributed by atoms with van der Waals surface area (Å²) < 4.78 is 60.6. The number of benzene rings is 1. The third-order valence-electron chi connectivity index (χ3n) is 6.36. The van der Waals surface area contributed by atoms with Gasteiger partial charge in [0, 0.05) is 31.0 Å². The molecule has 228 valence electrons. The average Bonchev–Trinajstić information content (AvgIpc) is 3.28. The number of carbonyl (C=O) groups excluding carboxylic acids is 3. The maximum absolute atomic E-state index is 14.0. The molecule has 2 aliphatic heterocycles. The van der Waals surface area contributed by atoms with E-state index in [0.29, 0.717) is 6.07 Å². The normalized spacial score (nSPS) is 19.8. The Bertz CT molecular complexity index is 1500. The maximum Gasteiger partial charge on any atom is 0.410 e. The molecule has 3 N–H and O–H groups in total. The van der Waals surface area contributed by atoms with Crippen molar-refractivity contribution in [3.63, 3.8) is 0 Å². The number of hydrogen-bond acceptors (Lipinski definition) is 9. The lowest BCUT2D eigenvalue weighted by atomic mass is 10.1. The lowest BCUT2D eigenvalue weighted by Gasteiger charge is -2.34. The fourth-order valence-electron chi connectivity index (χ4n) is 4.37. The number of carbonyl (C=O) groups is 3. The summed E-state index contributed by atoms with van der Waals surface area (Å²) in [7, 11) is -3.76. The molecule has 4 unspecified atom stereocenters. The van der Waals surface area contributed by atoms with Gasteiger partial charge in [0.05, 0.1) is 31.8 Å². The fraction of sp³-hybridized carbons (Fsp3) is 0.440. The van der Waals surface area contributed by atoms with Crippen molar-refractivity contribution in [3.05, 3.63) is 63.1 Å². The van der Waals surface area contributed by atoms with Gasteiger partial charge >= 0.3 is 13.7 Å². The number of nitrogens with one attached hydrogen (secondary N) is 2. The second-order valence-electron chi connectivity index (χ2n) is 9.81. The number of amides is 3. The number of rotatable bonds is 10. The van der Waals surface area contributed by atoms with E-state index < -0.39 is 72.9 Å². The van der Waals surface area contributed by atoms with Crippen LogP contribution in [0.2, 0.25) is 0 Å². The van der Waals surface area contributed by atoms with E-state index in [4.69, 9.17) is 18.7 Å². The zero-order valence-corrected chi connectivity index (χ0v) is 23.7. The molecule has 0 radical (unpaired) electrons. The van der Waals surface area contributed by atoms with Gasteiger partial charge in [-0.1, -0.05) is 6.07 Å². The van der Waals surface area contributed by atoms with E-state index in [1.807, 2.05) is 0 Å². The average molecular weight is 614 g/mol. The summed E-state index contributed by atoms with van der Waals surface area (Å²) in [6.45, 7) is 3.02. The molecule has 0 spiro atoms. The Morgan fingerprint density at radius 2 is 2.02 bits per heavy atom. The molecule has 3 heterocycles. The standard InChI is InChI=1S/C25H29F2N4O10P/c1-13(10-41-42(3,36)37)29-25(35)40-12-39-22-20-24(34)31-14(2)11-38-19(31)9-30(20)8-17(21(22)32)23(33)28-7-15-4-5-16(26)6-18(15)27/h4-6,8,13-14,19H,7,9-12H2,1-3H3,(H,28,33)(H,29,35)(H,36,37). The molecular weight excluding hydrogens is 585 g/mol. The van der Waals surface area contributed by atoms with Gasteiger partial charge in [-0.15, -0.1) is 0 Å². The molecule has 3 amide bonds. The molecule has 0 aliphatic carbocycles. The molecule has 1 aromatic heterocycles. The summed E-state index contributed by atoms with van der Waals surface area (Å²) in [5, 5.41) is 4.73. The molecule has 4 rings (SSSR count). The molecule has 0 bridgehead atoms. The zero-order chi connectivity index (χ0) is 30.8. The van der Waals surface area contributed by atoms with Crippen molar-refractivity contribution >= 4 is 25.5 Å². The van der Waals surface area contributed by atoms with E-state index in [9.17, 15) is 37.4 Å². The first-order valence-corrected chi connectivity index (χ1v) is 14.7. The van der Waals surface area contributed by atoms with Crippen LogP contribution in [0.1, 0.15) is 40.3 Å². The predicted molar refractivity (Wildman–Crippen MR) is 140 cm³/mol. The first-order valence-electron chi connectivity index (χ1n) is 12.7. The van der Waals surface area contributed by atoms with Crippen molar-refractivity contribution in [2.45, 2.75) is 45.2 Å². The number of ether oxygens (including phenoxy) is 3. The van der Waals surface area contributed by atoms with Gasteiger partial charge < -0.3 is 43.7 Å². The molecule has 17 heteroatoms. The molecule has 2 aromatic rings. The Balaban J connectivity index is 1.54. The van der Waals surface area contributed by atoms with Crippen molar-refractivity contribution in [2.24, 2.45) is 0 Å². The molecular formula is C25H29F2N4O10P. The highest BCUT2D eigenvalue weighted by Crippen LogP contribution is 2.36. The molecule has 1 aromatic carbocycles. The molecule has 14 nitrogen and oxygen atoms in total. The number of nitrogens with zero attached hydrogens (tertiary/aromatic N) is 2. The number of hydrogen-bond donors (Lipinski definition) is 3. The van der Waals surface area contributed by atoms with Crippen LogP contribution in [0.25, 0.3) is 0 Å². The Morgan fingerprint density at radius 1 is 1.29 bits per heavy atom. The van der Waals surface area contributed by atoms with Crippen LogP contribution in [0, 0.1) is 11.6 Å². The second kappa shape index (κ2) is 12.6. The van der Waals surface area contributed by atoms with Crippen LogP contribution in [0.4, 0.5) is 13.6 Å². The van der Waals surface area contributed by atoms with Crippen LogP contribution in [-0.2, 0) is 31.7 Å². The second-order valence-corrected chi connectivity index (χ2v) is 11.7. The Labute approximate surface area is 238 Å². The lowest BCUT2D eigenvalue weighted by molar-refractivity contribution is 0.00494. The summed E-state index contributed by atoms with van der Waals surface area (Å²) >= 11 is 0. The Morgan fingerprint density at radius 3 is 2.71 bits per heavy atom. The van der Waals surface area contributed by atoms with Gasteiger partial charge in [-0.2, -0.15) is 0 Å². The molecule has 42 heavy (non-hydrogen) atoms. The van der Waals surface area contributed by atoms with Gasteiger partial charge in [0.1, 0.15) is 17.2 Å². The SMILES string of the molecule is CC(COP(C)(=O)O)NC(=O)OCOc1c2n(cc(C(=O)NCc3ccc(F)cc3F)c1=O)CC1OCC(C)N1C2=O. The van der Waals surface area contributed by atoms with Gasteiger partial charge in [-0.05, 0) is 19.9 Å². The lowest BCUT2D eigenvalue weighted by Crippen LogP contribution is -2.49. The zero-order valence-electron chi connectivity index (χ0n) is 22.8. The van der Waals surface area contributed by atoms with E-state index >= 15 is 0 Å². The molecule has 4 atom stereocenters. The van der Waals surface area contributed by atoms with Gasteiger partial charge in [-0.3, -0.25) is 18.9 Å². The van der Waals surface area contributed by atoms with E-state index in [-0.39, 0.29) is 43.6 Å². The first-order chi connectivity index (χ1) is 19.7. The van der Waals surface area contributed by atoms with Crippen LogP contribution in [0.5, 0.6) is 5.75 Å². The van der Waals surface area contributed by atoms with E-state index in [1.54, 1.807) is 6.92 Å². The van der Waals surface area contributed by atoms with Gasteiger partial charge in [0.25, 0.3) is 11.8 Å². The topological polar surface area (TPSA) is 175 Å². The third-order valence-corrected chi connectivity index (χ3v) is 6.99. The fourth-order valence-corrected chi connectivity index (χ4v) is 4.87. The van der Waals surface area contributed by atoms with Crippen LogP contribution >= 0.6 is 7.60 Å². The van der Waals surface area contributed by atoms with Crippen molar-refractivity contribution in [1.29, 1.82) is 0 Å².